The van der Waals surface area contributed by atoms with Crippen molar-refractivity contribution in [2.45, 2.75) is 18.9 Å². The quantitative estimate of drug-likeness (QED) is 0.767. The van der Waals surface area contributed by atoms with E-state index in [1.165, 1.54) is 0 Å². The number of hydrogen-bond acceptors (Lipinski definition) is 5. The summed E-state index contributed by atoms with van der Waals surface area (Å²) < 4.78 is 10.5. The zero-order chi connectivity index (χ0) is 15.0. The number of ether oxygens (including phenoxy) is 2. The summed E-state index contributed by atoms with van der Waals surface area (Å²) in [5.41, 5.74) is 6.59. The van der Waals surface area contributed by atoms with Crippen LogP contribution in [0.1, 0.15) is 23.2 Å². The lowest BCUT2D eigenvalue weighted by atomic mass is 10.0. The number of hydrogen-bond donors (Lipinski definition) is 2. The van der Waals surface area contributed by atoms with Crippen LogP contribution in [0.25, 0.3) is 0 Å². The smallest absolute Gasteiger partial charge is 0.253 e. The molecule has 1 unspecified atom stereocenters. The third-order valence-corrected chi connectivity index (χ3v) is 3.75. The number of amides is 2. The highest BCUT2D eigenvalue weighted by Crippen LogP contribution is 2.35. The monoisotopic (exact) mass is 291 g/mol. The number of nitrogens with zero attached hydrogens (tertiary/aromatic N) is 1. The van der Waals surface area contributed by atoms with Crippen LogP contribution in [0.2, 0.25) is 0 Å². The van der Waals surface area contributed by atoms with E-state index < -0.39 is 0 Å². The van der Waals surface area contributed by atoms with Gasteiger partial charge in [0, 0.05) is 37.8 Å². The van der Waals surface area contributed by atoms with Crippen molar-refractivity contribution in [2.24, 2.45) is 0 Å². The van der Waals surface area contributed by atoms with Gasteiger partial charge in [0.05, 0.1) is 5.56 Å². The van der Waals surface area contributed by atoms with Gasteiger partial charge in [-0.05, 0) is 12.5 Å². The van der Waals surface area contributed by atoms with Crippen LogP contribution < -0.4 is 20.5 Å². The van der Waals surface area contributed by atoms with Crippen molar-refractivity contribution >= 4 is 17.5 Å². The number of nitrogen functional groups attached to an aromatic ring is 1. The molecule has 1 atom stereocenters. The minimum atomic E-state index is -0.265. The van der Waals surface area contributed by atoms with Gasteiger partial charge in [0.2, 0.25) is 12.7 Å². The van der Waals surface area contributed by atoms with Crippen LogP contribution in [0, 0.1) is 0 Å². The van der Waals surface area contributed by atoms with E-state index in [0.29, 0.717) is 42.1 Å². The number of carbonyl (C=O) groups is 2. The van der Waals surface area contributed by atoms with Crippen LogP contribution in [0.15, 0.2) is 12.1 Å². The number of fused-ring (bicyclic) bond motifs is 1. The summed E-state index contributed by atoms with van der Waals surface area (Å²) >= 11 is 0. The zero-order valence-corrected chi connectivity index (χ0v) is 11.7. The number of nitrogens with one attached hydrogen (secondary N) is 1. The van der Waals surface area contributed by atoms with Gasteiger partial charge in [0.25, 0.3) is 5.91 Å². The van der Waals surface area contributed by atoms with Crippen molar-refractivity contribution < 1.29 is 19.1 Å². The molecule has 21 heavy (non-hydrogen) atoms. The number of anilines is 1. The molecule has 0 spiro atoms. The maximum Gasteiger partial charge on any atom is 0.253 e. The number of rotatable bonds is 2. The minimum Gasteiger partial charge on any atom is -0.454 e. The van der Waals surface area contributed by atoms with Crippen LogP contribution in [0.4, 0.5) is 5.69 Å². The van der Waals surface area contributed by atoms with E-state index in [1.807, 2.05) is 0 Å². The normalized spacial score (nSPS) is 20.5. The molecule has 1 aromatic carbocycles. The Morgan fingerprint density at radius 3 is 2.81 bits per heavy atom. The average Bonchev–Trinajstić information content (AvgIpc) is 2.89. The molecule has 7 heteroatoms. The highest BCUT2D eigenvalue weighted by atomic mass is 16.7. The van der Waals surface area contributed by atoms with Gasteiger partial charge in [0.15, 0.2) is 11.5 Å². The summed E-state index contributed by atoms with van der Waals surface area (Å²) in [5.74, 6) is 0.902. The standard InChI is InChI=1S/C14H17N3O4/c1-17-6-8(2-3-13(17)18)16-14(19)9-4-11-12(5-10(9)15)21-7-20-11/h4-5,8H,2-3,6-7,15H2,1H3,(H,16,19). The van der Waals surface area contributed by atoms with Gasteiger partial charge in [0.1, 0.15) is 0 Å². The van der Waals surface area contributed by atoms with Gasteiger partial charge >= 0.3 is 0 Å². The predicted octanol–water partition coefficient (Wildman–Crippen LogP) is 0.348. The van der Waals surface area contributed by atoms with E-state index in [4.69, 9.17) is 15.2 Å². The molecule has 7 nitrogen and oxygen atoms in total. The van der Waals surface area contributed by atoms with Crippen molar-refractivity contribution in [2.75, 3.05) is 26.1 Å². The third kappa shape index (κ3) is 2.58. The first kappa shape index (κ1) is 13.5. The SMILES string of the molecule is CN1CC(NC(=O)c2cc3c(cc2N)OCO3)CCC1=O. The summed E-state index contributed by atoms with van der Waals surface area (Å²) in [6, 6.07) is 3.11. The second-order valence-corrected chi connectivity index (χ2v) is 5.28. The third-order valence-electron chi connectivity index (χ3n) is 3.75. The Balaban J connectivity index is 1.72. The summed E-state index contributed by atoms with van der Waals surface area (Å²) in [6.45, 7) is 0.643. The summed E-state index contributed by atoms with van der Waals surface area (Å²) in [5, 5.41) is 2.91. The van der Waals surface area contributed by atoms with E-state index in [-0.39, 0.29) is 24.6 Å². The fraction of sp³-hybridized carbons (Fsp3) is 0.429. The highest BCUT2D eigenvalue weighted by Gasteiger charge is 2.26. The van der Waals surface area contributed by atoms with Crippen molar-refractivity contribution in [1.82, 2.24) is 10.2 Å². The molecule has 0 bridgehead atoms. The summed E-state index contributed by atoms with van der Waals surface area (Å²) in [7, 11) is 1.73. The van der Waals surface area contributed by atoms with Gasteiger partial charge < -0.3 is 25.4 Å². The Bertz CT molecular complexity index is 602. The molecule has 112 valence electrons. The Labute approximate surface area is 122 Å². The average molecular weight is 291 g/mol. The first-order chi connectivity index (χ1) is 10.0. The van der Waals surface area contributed by atoms with Gasteiger partial charge in [-0.15, -0.1) is 0 Å². The summed E-state index contributed by atoms with van der Waals surface area (Å²) in [4.78, 5) is 25.4. The molecule has 1 fully saturated rings. The number of benzene rings is 1. The topological polar surface area (TPSA) is 93.9 Å². The van der Waals surface area contributed by atoms with Gasteiger partial charge in [-0.1, -0.05) is 0 Å². The molecule has 0 aromatic heterocycles. The Morgan fingerprint density at radius 2 is 2.10 bits per heavy atom. The molecule has 3 N–H and O–H groups in total. The lowest BCUT2D eigenvalue weighted by Crippen LogP contribution is -2.48. The van der Waals surface area contributed by atoms with Crippen molar-refractivity contribution in [1.29, 1.82) is 0 Å². The summed E-state index contributed by atoms with van der Waals surface area (Å²) in [6.07, 6.45) is 1.08. The molecule has 3 rings (SSSR count). The molecule has 1 aromatic rings. The molecule has 2 aliphatic rings. The molecule has 0 aliphatic carbocycles. The molecule has 2 amide bonds. The highest BCUT2D eigenvalue weighted by molar-refractivity contribution is 6.00. The van der Waals surface area contributed by atoms with Crippen molar-refractivity contribution in [3.8, 4) is 11.5 Å². The second-order valence-electron chi connectivity index (χ2n) is 5.28. The van der Waals surface area contributed by atoms with Gasteiger partial charge in [-0.3, -0.25) is 9.59 Å². The van der Waals surface area contributed by atoms with Crippen LogP contribution in [-0.2, 0) is 4.79 Å². The zero-order valence-electron chi connectivity index (χ0n) is 11.7. The van der Waals surface area contributed by atoms with E-state index in [1.54, 1.807) is 24.1 Å². The van der Waals surface area contributed by atoms with Crippen molar-refractivity contribution in [3.63, 3.8) is 0 Å². The van der Waals surface area contributed by atoms with E-state index in [2.05, 4.69) is 5.32 Å². The van der Waals surface area contributed by atoms with Crippen molar-refractivity contribution in [3.05, 3.63) is 17.7 Å². The van der Waals surface area contributed by atoms with Gasteiger partial charge in [-0.25, -0.2) is 0 Å². The second kappa shape index (κ2) is 5.16. The Morgan fingerprint density at radius 1 is 1.38 bits per heavy atom. The number of likely N-dealkylation sites (tertiary alicyclic amines) is 1. The molecule has 2 heterocycles. The molecule has 0 saturated carbocycles. The van der Waals surface area contributed by atoms with Gasteiger partial charge in [-0.2, -0.15) is 0 Å². The van der Waals surface area contributed by atoms with Crippen LogP contribution in [-0.4, -0.2) is 43.1 Å². The van der Waals surface area contributed by atoms with Crippen LogP contribution in [0.5, 0.6) is 11.5 Å². The molecule has 2 aliphatic heterocycles. The minimum absolute atomic E-state index is 0.0648. The Kier molecular flexibility index (Phi) is 3.32. The number of carbonyl (C=O) groups excluding carboxylic acids is 2. The van der Waals surface area contributed by atoms with Crippen LogP contribution in [0.3, 0.4) is 0 Å². The largest absolute Gasteiger partial charge is 0.454 e. The first-order valence-corrected chi connectivity index (χ1v) is 6.78. The first-order valence-electron chi connectivity index (χ1n) is 6.78. The molecule has 1 saturated heterocycles. The number of likely N-dealkylation sites (N-methyl/N-ethyl adjacent to an activating group) is 1. The van der Waals surface area contributed by atoms with E-state index in [9.17, 15) is 9.59 Å². The molecular weight excluding hydrogens is 274 g/mol. The predicted molar refractivity (Wildman–Crippen MR) is 75.1 cm³/mol. The lowest BCUT2D eigenvalue weighted by Gasteiger charge is -2.30. The molecule has 0 radical (unpaired) electrons. The van der Waals surface area contributed by atoms with Crippen LogP contribution >= 0.6 is 0 Å². The van der Waals surface area contributed by atoms with E-state index in [0.717, 1.165) is 0 Å². The fourth-order valence-corrected chi connectivity index (χ4v) is 2.55. The Hall–Kier alpha value is -2.44. The number of nitrogens with two attached hydrogens (primary N) is 1. The number of piperidine rings is 1. The van der Waals surface area contributed by atoms with E-state index >= 15 is 0 Å². The lowest BCUT2D eigenvalue weighted by molar-refractivity contribution is -0.132. The maximum atomic E-state index is 12.3. The fourth-order valence-electron chi connectivity index (χ4n) is 2.55. The molecular formula is C14H17N3O4. The maximum absolute atomic E-state index is 12.3.